The van der Waals surface area contributed by atoms with Crippen LogP contribution in [0, 0.1) is 11.8 Å². The fourth-order valence-corrected chi connectivity index (χ4v) is 2.65. The standard InChI is InChI=1S/C12H24N2O2/c1-14(6-10-2-4-15-5-3-10)7-11-8-16-9-12(11)13/h10-12H,2-9,13H2,1H3. The van der Waals surface area contributed by atoms with Gasteiger partial charge in [-0.2, -0.15) is 0 Å². The first-order valence-electron chi connectivity index (χ1n) is 6.35. The second kappa shape index (κ2) is 5.96. The van der Waals surface area contributed by atoms with Crippen molar-refractivity contribution in [3.05, 3.63) is 0 Å². The topological polar surface area (TPSA) is 47.7 Å². The molecule has 0 spiro atoms. The van der Waals surface area contributed by atoms with Crippen LogP contribution in [-0.4, -0.2) is 57.5 Å². The Morgan fingerprint density at radius 1 is 1.12 bits per heavy atom. The first-order valence-corrected chi connectivity index (χ1v) is 6.35. The number of hydrogen-bond donors (Lipinski definition) is 1. The highest BCUT2D eigenvalue weighted by Gasteiger charge is 2.26. The molecular weight excluding hydrogens is 204 g/mol. The largest absolute Gasteiger partial charge is 0.381 e. The van der Waals surface area contributed by atoms with E-state index in [0.717, 1.165) is 38.9 Å². The molecule has 0 saturated carbocycles. The highest BCUT2D eigenvalue weighted by atomic mass is 16.5. The first-order chi connectivity index (χ1) is 7.75. The molecule has 2 aliphatic heterocycles. The maximum atomic E-state index is 5.99. The monoisotopic (exact) mass is 228 g/mol. The van der Waals surface area contributed by atoms with Gasteiger partial charge in [-0.05, 0) is 25.8 Å². The lowest BCUT2D eigenvalue weighted by atomic mass is 9.98. The minimum Gasteiger partial charge on any atom is -0.381 e. The second-order valence-electron chi connectivity index (χ2n) is 5.24. The van der Waals surface area contributed by atoms with Gasteiger partial charge in [0.25, 0.3) is 0 Å². The van der Waals surface area contributed by atoms with Crippen molar-refractivity contribution in [2.75, 3.05) is 46.6 Å². The van der Waals surface area contributed by atoms with Gasteiger partial charge in [0.2, 0.25) is 0 Å². The first kappa shape index (κ1) is 12.3. The molecule has 0 aromatic carbocycles. The highest BCUT2D eigenvalue weighted by molar-refractivity contribution is 4.80. The Labute approximate surface area is 98.1 Å². The lowest BCUT2D eigenvalue weighted by Crippen LogP contribution is -2.39. The van der Waals surface area contributed by atoms with Gasteiger partial charge >= 0.3 is 0 Å². The molecular formula is C12H24N2O2. The van der Waals surface area contributed by atoms with Crippen LogP contribution in [0.15, 0.2) is 0 Å². The molecule has 0 bridgehead atoms. The molecule has 2 fully saturated rings. The fourth-order valence-electron chi connectivity index (χ4n) is 2.65. The van der Waals surface area contributed by atoms with Crippen LogP contribution in [0.2, 0.25) is 0 Å². The van der Waals surface area contributed by atoms with E-state index in [1.54, 1.807) is 0 Å². The van der Waals surface area contributed by atoms with Crippen molar-refractivity contribution in [3.63, 3.8) is 0 Å². The van der Waals surface area contributed by atoms with E-state index in [4.69, 9.17) is 15.2 Å². The van der Waals surface area contributed by atoms with Crippen molar-refractivity contribution in [1.29, 1.82) is 0 Å². The summed E-state index contributed by atoms with van der Waals surface area (Å²) in [5.41, 5.74) is 5.99. The van der Waals surface area contributed by atoms with Crippen LogP contribution in [0.4, 0.5) is 0 Å². The van der Waals surface area contributed by atoms with Crippen LogP contribution in [0.1, 0.15) is 12.8 Å². The molecule has 2 rings (SSSR count). The zero-order valence-electron chi connectivity index (χ0n) is 10.2. The quantitative estimate of drug-likeness (QED) is 0.753. The van der Waals surface area contributed by atoms with Crippen LogP contribution < -0.4 is 5.73 Å². The second-order valence-corrected chi connectivity index (χ2v) is 5.24. The Morgan fingerprint density at radius 2 is 1.88 bits per heavy atom. The molecule has 16 heavy (non-hydrogen) atoms. The smallest absolute Gasteiger partial charge is 0.0621 e. The molecule has 2 saturated heterocycles. The molecule has 0 aromatic heterocycles. The molecule has 94 valence electrons. The van der Waals surface area contributed by atoms with E-state index in [-0.39, 0.29) is 6.04 Å². The maximum Gasteiger partial charge on any atom is 0.0621 e. The molecule has 0 amide bonds. The van der Waals surface area contributed by atoms with E-state index in [2.05, 4.69) is 11.9 Å². The molecule has 2 heterocycles. The number of nitrogens with two attached hydrogens (primary N) is 1. The van der Waals surface area contributed by atoms with Crippen molar-refractivity contribution >= 4 is 0 Å². The molecule has 2 atom stereocenters. The summed E-state index contributed by atoms with van der Waals surface area (Å²) in [6.45, 7) is 5.68. The number of hydrogen-bond acceptors (Lipinski definition) is 4. The van der Waals surface area contributed by atoms with Crippen LogP contribution in [0.5, 0.6) is 0 Å². The molecule has 2 unspecified atom stereocenters. The van der Waals surface area contributed by atoms with Crippen molar-refractivity contribution in [2.45, 2.75) is 18.9 Å². The van der Waals surface area contributed by atoms with Gasteiger partial charge in [-0.25, -0.2) is 0 Å². The van der Waals surface area contributed by atoms with Gasteiger partial charge in [0, 0.05) is 38.3 Å². The molecule has 0 radical (unpaired) electrons. The van der Waals surface area contributed by atoms with Crippen molar-refractivity contribution < 1.29 is 9.47 Å². The molecule has 2 N–H and O–H groups in total. The van der Waals surface area contributed by atoms with E-state index in [0.29, 0.717) is 5.92 Å². The third-order valence-corrected chi connectivity index (χ3v) is 3.70. The van der Waals surface area contributed by atoms with Gasteiger partial charge < -0.3 is 20.1 Å². The third-order valence-electron chi connectivity index (χ3n) is 3.70. The van der Waals surface area contributed by atoms with Crippen LogP contribution in [0.25, 0.3) is 0 Å². The fraction of sp³-hybridized carbons (Fsp3) is 1.00. The average Bonchev–Trinajstić information content (AvgIpc) is 2.66. The van der Waals surface area contributed by atoms with Gasteiger partial charge in [0.1, 0.15) is 0 Å². The average molecular weight is 228 g/mol. The summed E-state index contributed by atoms with van der Waals surface area (Å²) in [5, 5.41) is 0. The zero-order valence-corrected chi connectivity index (χ0v) is 10.2. The lowest BCUT2D eigenvalue weighted by Gasteiger charge is -2.29. The predicted octanol–water partition coefficient (Wildman–Crippen LogP) is 0.319. The predicted molar refractivity (Wildman–Crippen MR) is 63.3 cm³/mol. The van der Waals surface area contributed by atoms with Gasteiger partial charge in [0.05, 0.1) is 13.2 Å². The minimum absolute atomic E-state index is 0.233. The number of nitrogens with zero attached hydrogens (tertiary/aromatic N) is 1. The summed E-state index contributed by atoms with van der Waals surface area (Å²) < 4.78 is 10.8. The summed E-state index contributed by atoms with van der Waals surface area (Å²) in [6, 6.07) is 0.233. The third kappa shape index (κ3) is 3.42. The van der Waals surface area contributed by atoms with Crippen LogP contribution in [-0.2, 0) is 9.47 Å². The normalized spacial score (nSPS) is 32.4. The van der Waals surface area contributed by atoms with Crippen LogP contribution >= 0.6 is 0 Å². The molecule has 2 aliphatic rings. The minimum atomic E-state index is 0.233. The van der Waals surface area contributed by atoms with Crippen LogP contribution in [0.3, 0.4) is 0 Å². The Balaban J connectivity index is 1.68. The summed E-state index contributed by atoms with van der Waals surface area (Å²) in [4.78, 5) is 2.41. The van der Waals surface area contributed by atoms with Crippen molar-refractivity contribution in [3.8, 4) is 0 Å². The summed E-state index contributed by atoms with van der Waals surface area (Å²) >= 11 is 0. The maximum absolute atomic E-state index is 5.99. The summed E-state index contributed by atoms with van der Waals surface area (Å²) in [5.74, 6) is 1.32. The Hall–Kier alpha value is -0.160. The van der Waals surface area contributed by atoms with E-state index in [1.165, 1.54) is 19.4 Å². The lowest BCUT2D eigenvalue weighted by molar-refractivity contribution is 0.0535. The summed E-state index contributed by atoms with van der Waals surface area (Å²) in [7, 11) is 2.19. The molecule has 0 aromatic rings. The van der Waals surface area contributed by atoms with Gasteiger partial charge in [-0.1, -0.05) is 0 Å². The number of ether oxygens (including phenoxy) is 2. The number of rotatable bonds is 4. The summed E-state index contributed by atoms with van der Waals surface area (Å²) in [6.07, 6.45) is 2.41. The molecule has 4 nitrogen and oxygen atoms in total. The molecule has 0 aliphatic carbocycles. The van der Waals surface area contributed by atoms with Gasteiger partial charge in [-0.15, -0.1) is 0 Å². The Morgan fingerprint density at radius 3 is 2.50 bits per heavy atom. The zero-order chi connectivity index (χ0) is 11.4. The Bertz CT molecular complexity index is 207. The van der Waals surface area contributed by atoms with E-state index < -0.39 is 0 Å². The van der Waals surface area contributed by atoms with Crippen molar-refractivity contribution in [2.24, 2.45) is 17.6 Å². The Kier molecular flexibility index (Phi) is 4.58. The molecule has 4 heteroatoms. The van der Waals surface area contributed by atoms with E-state index >= 15 is 0 Å². The highest BCUT2D eigenvalue weighted by Crippen LogP contribution is 2.18. The van der Waals surface area contributed by atoms with E-state index in [1.807, 2.05) is 0 Å². The SMILES string of the molecule is CN(CC1CCOCC1)CC1COCC1N. The van der Waals surface area contributed by atoms with Gasteiger partial charge in [0.15, 0.2) is 0 Å². The van der Waals surface area contributed by atoms with Gasteiger partial charge in [-0.3, -0.25) is 0 Å². The van der Waals surface area contributed by atoms with Crippen molar-refractivity contribution in [1.82, 2.24) is 4.90 Å². The van der Waals surface area contributed by atoms with E-state index in [9.17, 15) is 0 Å².